The lowest BCUT2D eigenvalue weighted by atomic mass is 10.7. The molecule has 2 rings (SSSR count). The normalized spacial score (nSPS) is 13.3. The quantitative estimate of drug-likeness (QED) is 0.496. The van der Waals surface area contributed by atoms with Crippen molar-refractivity contribution in [3.8, 4) is 0 Å². The lowest BCUT2D eigenvalue weighted by molar-refractivity contribution is 1.17. The van der Waals surface area contributed by atoms with Crippen molar-refractivity contribution in [3.63, 3.8) is 0 Å². The van der Waals surface area contributed by atoms with Crippen LogP contribution in [0.3, 0.4) is 0 Å². The van der Waals surface area contributed by atoms with Crippen LogP contribution in [0.5, 0.6) is 0 Å². The van der Waals surface area contributed by atoms with E-state index in [1.165, 1.54) is 19.4 Å². The molecule has 0 atom stereocenters. The Bertz CT molecular complexity index is 109. The van der Waals surface area contributed by atoms with Crippen molar-refractivity contribution in [1.29, 1.82) is 0 Å². The van der Waals surface area contributed by atoms with E-state index < -0.39 is 0 Å². The molecule has 1 N–H and O–H groups in total. The van der Waals surface area contributed by atoms with Crippen LogP contribution in [0.4, 0.5) is 0 Å². The standard InChI is InChI=1S/C4H4N2.C2H5N/c1-2-5-4-6-3-1;1-2-3-1/h1-4H;3H,1-2H2. The minimum absolute atomic E-state index is 1.25. The summed E-state index contributed by atoms with van der Waals surface area (Å²) in [6, 6.07) is 1.78. The summed E-state index contributed by atoms with van der Waals surface area (Å²) < 4.78 is 0. The summed E-state index contributed by atoms with van der Waals surface area (Å²) in [5.74, 6) is 0. The molecular weight excluding hydrogens is 114 g/mol. The van der Waals surface area contributed by atoms with Crippen LogP contribution in [0.15, 0.2) is 24.8 Å². The topological polar surface area (TPSA) is 47.7 Å². The molecule has 0 saturated carbocycles. The van der Waals surface area contributed by atoms with E-state index >= 15 is 0 Å². The molecule has 0 unspecified atom stereocenters. The Morgan fingerprint density at radius 1 is 1.11 bits per heavy atom. The summed E-state index contributed by atoms with van der Waals surface area (Å²) in [7, 11) is 0. The van der Waals surface area contributed by atoms with Crippen LogP contribution in [-0.2, 0) is 0 Å². The highest BCUT2D eigenvalue weighted by Crippen LogP contribution is 1.66. The van der Waals surface area contributed by atoms with E-state index in [0.29, 0.717) is 0 Å². The van der Waals surface area contributed by atoms with Gasteiger partial charge < -0.3 is 5.32 Å². The number of nitrogens with one attached hydrogen (secondary N) is 1. The lowest BCUT2D eigenvalue weighted by Crippen LogP contribution is -1.66. The van der Waals surface area contributed by atoms with E-state index in [-0.39, 0.29) is 0 Å². The van der Waals surface area contributed by atoms with Crippen molar-refractivity contribution in [1.82, 2.24) is 15.3 Å². The van der Waals surface area contributed by atoms with Gasteiger partial charge in [-0.2, -0.15) is 0 Å². The lowest BCUT2D eigenvalue weighted by Gasteiger charge is -1.70. The second-order valence-electron chi connectivity index (χ2n) is 1.65. The van der Waals surface area contributed by atoms with E-state index in [1.807, 2.05) is 0 Å². The van der Waals surface area contributed by atoms with Crippen molar-refractivity contribution >= 4 is 0 Å². The Morgan fingerprint density at radius 3 is 1.78 bits per heavy atom. The van der Waals surface area contributed by atoms with Crippen molar-refractivity contribution in [2.24, 2.45) is 0 Å². The first-order valence-corrected chi connectivity index (χ1v) is 2.91. The first kappa shape index (κ1) is 6.16. The first-order chi connectivity index (χ1) is 4.50. The van der Waals surface area contributed by atoms with Crippen LogP contribution in [0.25, 0.3) is 0 Å². The molecule has 1 aromatic heterocycles. The van der Waals surface area contributed by atoms with Gasteiger partial charge in [-0.05, 0) is 6.07 Å². The molecule has 1 aromatic rings. The van der Waals surface area contributed by atoms with Crippen LogP contribution >= 0.6 is 0 Å². The van der Waals surface area contributed by atoms with Gasteiger partial charge >= 0.3 is 0 Å². The SMILES string of the molecule is C1CN1.c1cncnc1. The fraction of sp³-hybridized carbons (Fsp3) is 0.333. The second-order valence-corrected chi connectivity index (χ2v) is 1.65. The summed E-state index contributed by atoms with van der Waals surface area (Å²) in [5.41, 5.74) is 0. The van der Waals surface area contributed by atoms with E-state index in [0.717, 1.165) is 0 Å². The molecule has 1 fully saturated rings. The largest absolute Gasteiger partial charge is 0.314 e. The summed E-state index contributed by atoms with van der Waals surface area (Å²) in [5, 5.41) is 3.00. The number of aromatic nitrogens is 2. The molecule has 0 amide bonds. The number of nitrogens with zero attached hydrogens (tertiary/aromatic N) is 2. The van der Waals surface area contributed by atoms with Gasteiger partial charge in [0.05, 0.1) is 0 Å². The average molecular weight is 123 g/mol. The number of rotatable bonds is 0. The molecule has 3 heteroatoms. The second kappa shape index (κ2) is 3.97. The van der Waals surface area contributed by atoms with E-state index in [9.17, 15) is 0 Å². The highest BCUT2D eigenvalue weighted by atomic mass is 15.0. The Labute approximate surface area is 54.2 Å². The molecule has 9 heavy (non-hydrogen) atoms. The average Bonchev–Trinajstić information content (AvgIpc) is 2.76. The Hall–Kier alpha value is -0.960. The molecule has 0 bridgehead atoms. The Kier molecular flexibility index (Phi) is 2.72. The zero-order valence-corrected chi connectivity index (χ0v) is 5.12. The molecule has 0 radical (unpaired) electrons. The van der Waals surface area contributed by atoms with Gasteiger partial charge in [0, 0.05) is 25.5 Å². The third kappa shape index (κ3) is 4.90. The third-order valence-corrected chi connectivity index (χ3v) is 0.728. The van der Waals surface area contributed by atoms with Crippen molar-refractivity contribution in [2.45, 2.75) is 0 Å². The van der Waals surface area contributed by atoms with E-state index in [4.69, 9.17) is 0 Å². The van der Waals surface area contributed by atoms with Crippen molar-refractivity contribution in [2.75, 3.05) is 13.1 Å². The summed E-state index contributed by atoms with van der Waals surface area (Å²) in [6.45, 7) is 2.50. The molecule has 0 aliphatic carbocycles. The van der Waals surface area contributed by atoms with Gasteiger partial charge in [-0.1, -0.05) is 0 Å². The monoisotopic (exact) mass is 123 g/mol. The molecule has 3 nitrogen and oxygen atoms in total. The molecule has 2 heterocycles. The minimum atomic E-state index is 1.25. The van der Waals surface area contributed by atoms with Crippen LogP contribution in [0.1, 0.15) is 0 Å². The highest BCUT2D eigenvalue weighted by molar-refractivity contribution is 4.74. The summed E-state index contributed by atoms with van der Waals surface area (Å²) in [4.78, 5) is 7.35. The smallest absolute Gasteiger partial charge is 0.115 e. The van der Waals surface area contributed by atoms with Gasteiger partial charge in [0.25, 0.3) is 0 Å². The Balaban J connectivity index is 0.000000112. The van der Waals surface area contributed by atoms with Crippen LogP contribution in [0.2, 0.25) is 0 Å². The zero-order valence-electron chi connectivity index (χ0n) is 5.12. The molecule has 1 aliphatic heterocycles. The third-order valence-electron chi connectivity index (χ3n) is 0.728. The van der Waals surface area contributed by atoms with Crippen LogP contribution < -0.4 is 5.32 Å². The van der Waals surface area contributed by atoms with Crippen molar-refractivity contribution < 1.29 is 0 Å². The summed E-state index contributed by atoms with van der Waals surface area (Å²) in [6.07, 6.45) is 4.88. The molecule has 0 aromatic carbocycles. The fourth-order valence-corrected chi connectivity index (χ4v) is 0.253. The maximum absolute atomic E-state index is 3.67. The molecular formula is C6H9N3. The van der Waals surface area contributed by atoms with Gasteiger partial charge in [0.15, 0.2) is 0 Å². The first-order valence-electron chi connectivity index (χ1n) is 2.91. The van der Waals surface area contributed by atoms with Gasteiger partial charge in [0.1, 0.15) is 6.33 Å². The van der Waals surface area contributed by atoms with E-state index in [1.54, 1.807) is 18.5 Å². The predicted octanol–water partition coefficient (Wildman–Crippen LogP) is 0.0662. The maximum Gasteiger partial charge on any atom is 0.115 e. The van der Waals surface area contributed by atoms with Crippen LogP contribution in [-0.4, -0.2) is 23.1 Å². The molecule has 1 aliphatic rings. The maximum atomic E-state index is 3.67. The highest BCUT2D eigenvalue weighted by Gasteiger charge is 1.91. The van der Waals surface area contributed by atoms with Gasteiger partial charge in [-0.15, -0.1) is 0 Å². The zero-order chi connectivity index (χ0) is 6.36. The van der Waals surface area contributed by atoms with Gasteiger partial charge in [0.2, 0.25) is 0 Å². The van der Waals surface area contributed by atoms with Crippen molar-refractivity contribution in [3.05, 3.63) is 24.8 Å². The summed E-state index contributed by atoms with van der Waals surface area (Å²) >= 11 is 0. The van der Waals surface area contributed by atoms with Gasteiger partial charge in [-0.25, -0.2) is 9.97 Å². The van der Waals surface area contributed by atoms with E-state index in [2.05, 4.69) is 15.3 Å². The molecule has 48 valence electrons. The number of hydrogen-bond acceptors (Lipinski definition) is 3. The predicted molar refractivity (Wildman–Crippen MR) is 34.9 cm³/mol. The fourth-order valence-electron chi connectivity index (χ4n) is 0.253. The number of hydrogen-bond donors (Lipinski definition) is 1. The Morgan fingerprint density at radius 2 is 1.67 bits per heavy atom. The molecule has 1 saturated heterocycles. The molecule has 0 spiro atoms. The van der Waals surface area contributed by atoms with Gasteiger partial charge in [-0.3, -0.25) is 0 Å². The minimum Gasteiger partial charge on any atom is -0.314 e. The van der Waals surface area contributed by atoms with Crippen LogP contribution in [0, 0.1) is 0 Å².